The molecule has 0 unspecified atom stereocenters. The largest absolute Gasteiger partial charge is 0.300 e. The van der Waals surface area contributed by atoms with Crippen molar-refractivity contribution in [3.63, 3.8) is 0 Å². The number of H-pyrrole nitrogens is 1. The Kier molecular flexibility index (Phi) is 5.38. The summed E-state index contributed by atoms with van der Waals surface area (Å²) >= 11 is 7.19. The standard InChI is InChI=1S/C19H11ClN4OS/c20-15-7-5-12(6-8-15)17-16(10-22)18(25)24-19(23-17)26-11-14-4-2-1-3-13(14)9-21/h1-8H,11H2,(H,23,24,25). The Morgan fingerprint density at radius 1 is 1.08 bits per heavy atom. The lowest BCUT2D eigenvalue weighted by atomic mass is 10.1. The molecule has 3 aromatic rings. The summed E-state index contributed by atoms with van der Waals surface area (Å²) in [5.41, 5.74) is 1.83. The van der Waals surface area contributed by atoms with Gasteiger partial charge in [-0.05, 0) is 23.8 Å². The minimum Gasteiger partial charge on any atom is -0.300 e. The molecule has 0 aliphatic rings. The van der Waals surface area contributed by atoms with Crippen LogP contribution in [0.25, 0.3) is 11.3 Å². The Morgan fingerprint density at radius 2 is 1.81 bits per heavy atom. The van der Waals surface area contributed by atoms with Gasteiger partial charge < -0.3 is 4.98 Å². The number of nitrogens with one attached hydrogen (secondary N) is 1. The van der Waals surface area contributed by atoms with Gasteiger partial charge in [0.05, 0.1) is 17.3 Å². The highest BCUT2D eigenvalue weighted by molar-refractivity contribution is 7.98. The van der Waals surface area contributed by atoms with Gasteiger partial charge in [-0.1, -0.05) is 53.7 Å². The van der Waals surface area contributed by atoms with Crippen LogP contribution in [0.2, 0.25) is 5.02 Å². The molecule has 0 spiro atoms. The predicted octanol–water partition coefficient (Wildman–Crippen LogP) is 4.13. The van der Waals surface area contributed by atoms with Crippen molar-refractivity contribution in [3.8, 4) is 23.4 Å². The van der Waals surface area contributed by atoms with Gasteiger partial charge in [-0.3, -0.25) is 4.79 Å². The van der Waals surface area contributed by atoms with Gasteiger partial charge in [0, 0.05) is 16.3 Å². The molecule has 0 saturated heterocycles. The van der Waals surface area contributed by atoms with Crippen molar-refractivity contribution in [2.75, 3.05) is 0 Å². The number of rotatable bonds is 4. The molecule has 0 fully saturated rings. The average Bonchev–Trinajstić information content (AvgIpc) is 2.66. The number of nitrogens with zero attached hydrogens (tertiary/aromatic N) is 3. The Morgan fingerprint density at radius 3 is 2.50 bits per heavy atom. The van der Waals surface area contributed by atoms with Gasteiger partial charge >= 0.3 is 0 Å². The molecule has 0 saturated carbocycles. The van der Waals surface area contributed by atoms with Gasteiger partial charge in [0.15, 0.2) is 5.16 Å². The van der Waals surface area contributed by atoms with Crippen LogP contribution in [0, 0.1) is 22.7 Å². The van der Waals surface area contributed by atoms with E-state index < -0.39 is 5.56 Å². The monoisotopic (exact) mass is 378 g/mol. The zero-order valence-corrected chi connectivity index (χ0v) is 14.9. The Labute approximate surface area is 158 Å². The summed E-state index contributed by atoms with van der Waals surface area (Å²) in [5.74, 6) is 0.471. The van der Waals surface area contributed by atoms with E-state index in [1.807, 2.05) is 18.2 Å². The molecule has 1 aromatic heterocycles. The van der Waals surface area contributed by atoms with Gasteiger partial charge in [-0.15, -0.1) is 0 Å². The molecule has 1 heterocycles. The smallest absolute Gasteiger partial charge is 0.270 e. The SMILES string of the molecule is N#Cc1ccccc1CSc1nc(-c2ccc(Cl)cc2)c(C#N)c(=O)[nH]1. The molecule has 0 aliphatic heterocycles. The van der Waals surface area contributed by atoms with Crippen LogP contribution >= 0.6 is 23.4 Å². The first-order valence-corrected chi connectivity index (χ1v) is 8.90. The second-order valence-corrected chi connectivity index (χ2v) is 6.67. The molecule has 0 radical (unpaired) electrons. The van der Waals surface area contributed by atoms with Gasteiger partial charge in [-0.2, -0.15) is 10.5 Å². The Bertz CT molecular complexity index is 1090. The molecule has 0 amide bonds. The maximum absolute atomic E-state index is 12.3. The Balaban J connectivity index is 1.97. The third kappa shape index (κ3) is 3.78. The molecule has 0 atom stereocenters. The van der Waals surface area contributed by atoms with E-state index in [2.05, 4.69) is 16.0 Å². The lowest BCUT2D eigenvalue weighted by Crippen LogP contribution is -2.14. The molecule has 7 heteroatoms. The number of nitriles is 2. The molecule has 0 bridgehead atoms. The molecule has 26 heavy (non-hydrogen) atoms. The second kappa shape index (κ2) is 7.88. The van der Waals surface area contributed by atoms with Crippen molar-refractivity contribution in [1.29, 1.82) is 10.5 Å². The van der Waals surface area contributed by atoms with E-state index in [4.69, 9.17) is 16.9 Å². The van der Waals surface area contributed by atoms with E-state index in [9.17, 15) is 10.1 Å². The highest BCUT2D eigenvalue weighted by Crippen LogP contribution is 2.25. The van der Waals surface area contributed by atoms with Gasteiger partial charge in [-0.25, -0.2) is 4.98 Å². The van der Waals surface area contributed by atoms with Crippen LogP contribution in [0.15, 0.2) is 58.5 Å². The lowest BCUT2D eigenvalue weighted by molar-refractivity contribution is 0.934. The summed E-state index contributed by atoms with van der Waals surface area (Å²) in [4.78, 5) is 19.3. The van der Waals surface area contributed by atoms with Crippen LogP contribution in [0.5, 0.6) is 0 Å². The van der Waals surface area contributed by atoms with Crippen molar-refractivity contribution in [2.45, 2.75) is 10.9 Å². The van der Waals surface area contributed by atoms with E-state index in [1.165, 1.54) is 11.8 Å². The molecule has 126 valence electrons. The third-order valence-corrected chi connectivity index (χ3v) is 4.80. The normalized spacial score (nSPS) is 10.1. The highest BCUT2D eigenvalue weighted by Gasteiger charge is 2.14. The maximum atomic E-state index is 12.3. The third-order valence-electron chi connectivity index (χ3n) is 3.63. The van der Waals surface area contributed by atoms with Crippen LogP contribution in [-0.4, -0.2) is 9.97 Å². The van der Waals surface area contributed by atoms with E-state index >= 15 is 0 Å². The van der Waals surface area contributed by atoms with Crippen molar-refractivity contribution in [2.24, 2.45) is 0 Å². The zero-order chi connectivity index (χ0) is 18.5. The van der Waals surface area contributed by atoms with Crippen molar-refractivity contribution in [1.82, 2.24) is 9.97 Å². The minimum atomic E-state index is -0.497. The van der Waals surface area contributed by atoms with Crippen molar-refractivity contribution < 1.29 is 0 Å². The zero-order valence-electron chi connectivity index (χ0n) is 13.4. The van der Waals surface area contributed by atoms with E-state index in [-0.39, 0.29) is 5.56 Å². The maximum Gasteiger partial charge on any atom is 0.270 e. The molecule has 0 aliphatic carbocycles. The summed E-state index contributed by atoms with van der Waals surface area (Å²) in [6.07, 6.45) is 0. The first-order valence-electron chi connectivity index (χ1n) is 7.53. The molecule has 5 nitrogen and oxygen atoms in total. The van der Waals surface area contributed by atoms with Gasteiger partial charge in [0.2, 0.25) is 0 Å². The topological polar surface area (TPSA) is 93.3 Å². The van der Waals surface area contributed by atoms with Crippen LogP contribution in [0.3, 0.4) is 0 Å². The van der Waals surface area contributed by atoms with E-state index in [0.29, 0.717) is 32.8 Å². The molecule has 1 N–H and O–H groups in total. The Hall–Kier alpha value is -3.06. The van der Waals surface area contributed by atoms with Gasteiger partial charge in [0.25, 0.3) is 5.56 Å². The predicted molar refractivity (Wildman–Crippen MR) is 101 cm³/mol. The fourth-order valence-corrected chi connectivity index (χ4v) is 3.33. The second-order valence-electron chi connectivity index (χ2n) is 5.27. The average molecular weight is 379 g/mol. The molecule has 3 rings (SSSR count). The summed E-state index contributed by atoms with van der Waals surface area (Å²) < 4.78 is 0. The fraction of sp³-hybridized carbons (Fsp3) is 0.0526. The van der Waals surface area contributed by atoms with Crippen LogP contribution in [0.1, 0.15) is 16.7 Å². The number of aromatic amines is 1. The number of halogens is 1. The number of benzene rings is 2. The summed E-state index contributed by atoms with van der Waals surface area (Å²) in [7, 11) is 0. The number of aromatic nitrogens is 2. The number of thioether (sulfide) groups is 1. The number of hydrogen-bond donors (Lipinski definition) is 1. The lowest BCUT2D eigenvalue weighted by Gasteiger charge is -2.07. The first kappa shape index (κ1) is 17.8. The quantitative estimate of drug-likeness (QED) is 0.544. The summed E-state index contributed by atoms with van der Waals surface area (Å²) in [5, 5.41) is 19.4. The molecule has 2 aromatic carbocycles. The molecular weight excluding hydrogens is 368 g/mol. The summed E-state index contributed by atoms with van der Waals surface area (Å²) in [6.45, 7) is 0. The van der Waals surface area contributed by atoms with E-state index in [1.54, 1.807) is 36.4 Å². The van der Waals surface area contributed by atoms with Crippen LogP contribution in [0.4, 0.5) is 0 Å². The van der Waals surface area contributed by atoms with Gasteiger partial charge in [0.1, 0.15) is 11.6 Å². The number of hydrogen-bond acceptors (Lipinski definition) is 5. The van der Waals surface area contributed by atoms with E-state index in [0.717, 1.165) is 5.56 Å². The van der Waals surface area contributed by atoms with Crippen LogP contribution < -0.4 is 5.56 Å². The fourth-order valence-electron chi connectivity index (χ4n) is 2.34. The molecular formula is C19H11ClN4OS. The minimum absolute atomic E-state index is 0.0471. The van der Waals surface area contributed by atoms with Crippen molar-refractivity contribution in [3.05, 3.63) is 80.6 Å². The summed E-state index contributed by atoms with van der Waals surface area (Å²) in [6, 6.07) is 18.1. The first-order chi connectivity index (χ1) is 12.6. The van der Waals surface area contributed by atoms with Crippen molar-refractivity contribution >= 4 is 23.4 Å². The highest BCUT2D eigenvalue weighted by atomic mass is 35.5. The van der Waals surface area contributed by atoms with Crippen LogP contribution in [-0.2, 0) is 5.75 Å².